The van der Waals surface area contributed by atoms with Crippen molar-refractivity contribution in [1.82, 2.24) is 0 Å². The van der Waals surface area contributed by atoms with Gasteiger partial charge < -0.3 is 0 Å². The van der Waals surface area contributed by atoms with E-state index in [9.17, 15) is 0 Å². The lowest BCUT2D eigenvalue weighted by molar-refractivity contribution is 0.432. The summed E-state index contributed by atoms with van der Waals surface area (Å²) in [7, 11) is 0. The second-order valence-corrected chi connectivity index (χ2v) is 10.1. The molecule has 0 nitrogen and oxygen atoms in total. The smallest absolute Gasteiger partial charge is 0.0351 e. The van der Waals surface area contributed by atoms with E-state index in [2.05, 4.69) is 32.9 Å². The third-order valence-corrected chi connectivity index (χ3v) is 6.76. The van der Waals surface area contributed by atoms with Gasteiger partial charge in [0.05, 0.1) is 0 Å². The number of allylic oxidation sites excluding steroid dienone is 2. The third-order valence-electron chi connectivity index (χ3n) is 6.76. The van der Waals surface area contributed by atoms with Gasteiger partial charge in [0.1, 0.15) is 0 Å². The van der Waals surface area contributed by atoms with Crippen LogP contribution in [-0.2, 0) is 0 Å². The molecule has 0 aliphatic rings. The summed E-state index contributed by atoms with van der Waals surface area (Å²) in [5, 5.41) is 0. The van der Waals surface area contributed by atoms with Crippen LogP contribution in [0.25, 0.3) is 0 Å². The van der Waals surface area contributed by atoms with Gasteiger partial charge in [-0.1, -0.05) is 168 Å². The van der Waals surface area contributed by atoms with Crippen molar-refractivity contribution in [1.29, 1.82) is 0 Å². The largest absolute Gasteiger partial charge is 0.0885 e. The third kappa shape index (κ3) is 25.8. The van der Waals surface area contributed by atoms with E-state index in [1.807, 2.05) is 0 Å². The summed E-state index contributed by atoms with van der Waals surface area (Å²) in [5.41, 5.74) is 0. The Hall–Kier alpha value is -0.260. The van der Waals surface area contributed by atoms with Gasteiger partial charge in [-0.3, -0.25) is 0 Å². The van der Waals surface area contributed by atoms with Crippen LogP contribution in [-0.4, -0.2) is 0 Å². The van der Waals surface area contributed by atoms with Crippen molar-refractivity contribution in [2.24, 2.45) is 5.92 Å². The van der Waals surface area contributed by atoms with Gasteiger partial charge in [0.15, 0.2) is 0 Å². The highest BCUT2D eigenvalue weighted by Crippen LogP contribution is 2.19. The zero-order chi connectivity index (χ0) is 22.0. The predicted octanol–water partition coefficient (Wildman–Crippen LogP) is 11.6. The Morgan fingerprint density at radius 2 is 0.733 bits per heavy atom. The number of hydrogen-bond acceptors (Lipinski definition) is 0. The van der Waals surface area contributed by atoms with Crippen LogP contribution in [0.4, 0.5) is 0 Å². The first-order chi connectivity index (χ1) is 14.8. The molecule has 0 fully saturated rings. The van der Waals surface area contributed by atoms with Crippen molar-refractivity contribution >= 4 is 0 Å². The van der Waals surface area contributed by atoms with Gasteiger partial charge in [-0.25, -0.2) is 0 Å². The molecule has 0 heterocycles. The van der Waals surface area contributed by atoms with Gasteiger partial charge in [-0.2, -0.15) is 0 Å². The Kier molecular flexibility index (Phi) is 26.5. The molecule has 0 bridgehead atoms. The lowest BCUT2D eigenvalue weighted by Gasteiger charge is -2.11. The molecular formula is C30H60. The summed E-state index contributed by atoms with van der Waals surface area (Å²) in [5.74, 6) is 0.955. The number of rotatable bonds is 25. The standard InChI is InChI=1S/C30H60/c1-4-6-8-10-12-14-16-17-18-19-21-23-25-27-29-30(3)28-26-24-22-20-15-13-11-9-7-5-2/h11,13,30H,4-10,12,14-29H2,1-3H3. The molecule has 0 heteroatoms. The van der Waals surface area contributed by atoms with Crippen molar-refractivity contribution < 1.29 is 0 Å². The van der Waals surface area contributed by atoms with Crippen molar-refractivity contribution in [3.8, 4) is 0 Å². The first-order valence-corrected chi connectivity index (χ1v) is 14.5. The Bertz CT molecular complexity index is 316. The van der Waals surface area contributed by atoms with E-state index >= 15 is 0 Å². The van der Waals surface area contributed by atoms with E-state index in [1.165, 1.54) is 154 Å². The minimum absolute atomic E-state index is 0.955. The van der Waals surface area contributed by atoms with Gasteiger partial charge in [0, 0.05) is 0 Å². The summed E-state index contributed by atoms with van der Waals surface area (Å²) in [4.78, 5) is 0. The maximum atomic E-state index is 2.48. The van der Waals surface area contributed by atoms with Gasteiger partial charge in [0.25, 0.3) is 0 Å². The Balaban J connectivity index is 3.16. The fourth-order valence-corrected chi connectivity index (χ4v) is 4.50. The Labute approximate surface area is 193 Å². The molecule has 0 aromatic carbocycles. The predicted molar refractivity (Wildman–Crippen MR) is 140 cm³/mol. The van der Waals surface area contributed by atoms with E-state index in [0.717, 1.165) is 5.92 Å². The average Bonchev–Trinajstić information content (AvgIpc) is 2.75. The Morgan fingerprint density at radius 1 is 0.400 bits per heavy atom. The van der Waals surface area contributed by atoms with Crippen LogP contribution in [0.15, 0.2) is 12.2 Å². The SMILES string of the molecule is CCCCC=CCCCCCCC(C)CCCCCCCCCCCCCCCC. The summed E-state index contributed by atoms with van der Waals surface area (Å²) in [6.45, 7) is 7.06. The van der Waals surface area contributed by atoms with E-state index in [4.69, 9.17) is 0 Å². The van der Waals surface area contributed by atoms with Crippen molar-refractivity contribution in [3.05, 3.63) is 12.2 Å². The minimum atomic E-state index is 0.955. The van der Waals surface area contributed by atoms with Gasteiger partial charge >= 0.3 is 0 Å². The Morgan fingerprint density at radius 3 is 1.17 bits per heavy atom. The summed E-state index contributed by atoms with van der Waals surface area (Å²) < 4.78 is 0. The van der Waals surface area contributed by atoms with Crippen LogP contribution in [0.5, 0.6) is 0 Å². The van der Waals surface area contributed by atoms with Crippen LogP contribution < -0.4 is 0 Å². The van der Waals surface area contributed by atoms with Crippen LogP contribution >= 0.6 is 0 Å². The summed E-state index contributed by atoms with van der Waals surface area (Å²) >= 11 is 0. The quantitative estimate of drug-likeness (QED) is 0.102. The van der Waals surface area contributed by atoms with Gasteiger partial charge in [-0.05, 0) is 25.2 Å². The topological polar surface area (TPSA) is 0 Å². The van der Waals surface area contributed by atoms with E-state index in [-0.39, 0.29) is 0 Å². The van der Waals surface area contributed by atoms with Crippen molar-refractivity contribution in [3.63, 3.8) is 0 Å². The molecular weight excluding hydrogens is 360 g/mol. The minimum Gasteiger partial charge on any atom is -0.0885 e. The molecule has 0 aliphatic carbocycles. The molecule has 0 saturated heterocycles. The average molecular weight is 421 g/mol. The van der Waals surface area contributed by atoms with E-state index in [0.29, 0.717) is 0 Å². The first kappa shape index (κ1) is 29.7. The summed E-state index contributed by atoms with van der Waals surface area (Å²) in [6, 6.07) is 0. The zero-order valence-corrected chi connectivity index (χ0v) is 21.7. The maximum absolute atomic E-state index is 2.48. The summed E-state index contributed by atoms with van der Waals surface area (Å²) in [6.07, 6.45) is 39.3. The molecule has 1 atom stereocenters. The highest BCUT2D eigenvalue weighted by Gasteiger charge is 2.02. The second kappa shape index (κ2) is 26.8. The molecule has 0 aromatic rings. The van der Waals surface area contributed by atoms with Crippen LogP contribution in [0.3, 0.4) is 0 Å². The maximum Gasteiger partial charge on any atom is -0.0351 e. The fraction of sp³-hybridized carbons (Fsp3) is 0.933. The molecule has 0 N–H and O–H groups in total. The van der Waals surface area contributed by atoms with Crippen molar-refractivity contribution in [2.75, 3.05) is 0 Å². The van der Waals surface area contributed by atoms with E-state index in [1.54, 1.807) is 0 Å². The molecule has 0 aliphatic heterocycles. The zero-order valence-electron chi connectivity index (χ0n) is 21.7. The highest BCUT2D eigenvalue weighted by molar-refractivity contribution is 4.81. The molecule has 0 radical (unpaired) electrons. The van der Waals surface area contributed by atoms with Crippen LogP contribution in [0.1, 0.15) is 175 Å². The molecule has 0 spiro atoms. The lowest BCUT2D eigenvalue weighted by Crippen LogP contribution is -1.95. The second-order valence-electron chi connectivity index (χ2n) is 10.1. The highest BCUT2D eigenvalue weighted by atomic mass is 14.1. The monoisotopic (exact) mass is 420 g/mol. The molecule has 30 heavy (non-hydrogen) atoms. The molecule has 1 unspecified atom stereocenters. The molecule has 180 valence electrons. The lowest BCUT2D eigenvalue weighted by atomic mass is 9.96. The molecule has 0 amide bonds. The van der Waals surface area contributed by atoms with Crippen LogP contribution in [0.2, 0.25) is 0 Å². The van der Waals surface area contributed by atoms with E-state index < -0.39 is 0 Å². The number of hydrogen-bond donors (Lipinski definition) is 0. The van der Waals surface area contributed by atoms with Crippen molar-refractivity contribution in [2.45, 2.75) is 175 Å². The normalized spacial score (nSPS) is 12.8. The molecule has 0 saturated carbocycles. The van der Waals surface area contributed by atoms with Crippen LogP contribution in [0, 0.1) is 5.92 Å². The number of unbranched alkanes of at least 4 members (excludes halogenated alkanes) is 19. The van der Waals surface area contributed by atoms with Gasteiger partial charge in [-0.15, -0.1) is 0 Å². The van der Waals surface area contributed by atoms with Gasteiger partial charge in [0.2, 0.25) is 0 Å². The molecule has 0 aromatic heterocycles. The molecule has 0 rings (SSSR count). The first-order valence-electron chi connectivity index (χ1n) is 14.5. The fourth-order valence-electron chi connectivity index (χ4n) is 4.50.